The lowest BCUT2D eigenvalue weighted by molar-refractivity contribution is 0.885. The molecule has 2 rings (SSSR count). The van der Waals surface area contributed by atoms with Gasteiger partial charge in [-0.3, -0.25) is 0 Å². The molecule has 0 bridgehead atoms. The Labute approximate surface area is 58.3 Å². The third-order valence-corrected chi connectivity index (χ3v) is 3.18. The molecular formula is C6H6S2. The van der Waals surface area contributed by atoms with E-state index >= 15 is 0 Å². The predicted molar refractivity (Wildman–Crippen MR) is 41.1 cm³/mol. The molecule has 0 fully saturated rings. The van der Waals surface area contributed by atoms with Crippen molar-refractivity contribution in [1.82, 2.24) is 0 Å². The minimum Gasteiger partial charge on any atom is -0.0913 e. The Bertz CT molecular complexity index is 171. The first-order valence-corrected chi connectivity index (χ1v) is 4.04. The first kappa shape index (κ1) is 5.00. The lowest BCUT2D eigenvalue weighted by Gasteiger charge is -1.97. The van der Waals surface area contributed by atoms with Crippen molar-refractivity contribution >= 4 is 28.8 Å². The zero-order chi connectivity index (χ0) is 5.56. The standard InChI is InChI=1S/C6H6S2/c7-4-2-1-3-5-6(4)8-5/h1-3H2. The topological polar surface area (TPSA) is 0 Å². The molecule has 0 saturated heterocycles. The van der Waals surface area contributed by atoms with E-state index < -0.39 is 0 Å². The van der Waals surface area contributed by atoms with Crippen molar-refractivity contribution in [2.75, 3.05) is 0 Å². The van der Waals surface area contributed by atoms with Crippen LogP contribution in [0.4, 0.5) is 0 Å². The minimum absolute atomic E-state index is 1.17. The maximum absolute atomic E-state index is 5.09. The molecule has 0 aromatic carbocycles. The van der Waals surface area contributed by atoms with Gasteiger partial charge in [0, 0.05) is 14.7 Å². The van der Waals surface area contributed by atoms with Crippen LogP contribution in [0.1, 0.15) is 19.3 Å². The largest absolute Gasteiger partial charge is 0.0913 e. The third kappa shape index (κ3) is 0.633. The fourth-order valence-corrected chi connectivity index (χ4v) is 2.34. The molecule has 0 aromatic heterocycles. The van der Waals surface area contributed by atoms with Gasteiger partial charge in [0.05, 0.1) is 0 Å². The Kier molecular flexibility index (Phi) is 0.987. The van der Waals surface area contributed by atoms with Gasteiger partial charge in [-0.05, 0) is 19.3 Å². The van der Waals surface area contributed by atoms with Crippen LogP contribution in [0.3, 0.4) is 0 Å². The molecular weight excluding hydrogens is 136 g/mol. The maximum atomic E-state index is 5.09. The highest BCUT2D eigenvalue weighted by Crippen LogP contribution is 2.52. The Morgan fingerprint density at radius 3 is 2.88 bits per heavy atom. The van der Waals surface area contributed by atoms with E-state index in [2.05, 4.69) is 0 Å². The van der Waals surface area contributed by atoms with Gasteiger partial charge in [-0.25, -0.2) is 0 Å². The summed E-state index contributed by atoms with van der Waals surface area (Å²) in [5, 5.41) is 0. The zero-order valence-corrected chi connectivity index (χ0v) is 6.07. The number of allylic oxidation sites excluding steroid dienone is 2. The van der Waals surface area contributed by atoms with Crippen molar-refractivity contribution in [1.29, 1.82) is 0 Å². The van der Waals surface area contributed by atoms with Gasteiger partial charge in [0.2, 0.25) is 0 Å². The highest BCUT2D eigenvalue weighted by atomic mass is 32.2. The van der Waals surface area contributed by atoms with Gasteiger partial charge in [0.15, 0.2) is 0 Å². The van der Waals surface area contributed by atoms with Crippen molar-refractivity contribution in [3.8, 4) is 0 Å². The van der Waals surface area contributed by atoms with Gasteiger partial charge in [-0.1, -0.05) is 24.0 Å². The highest BCUT2D eigenvalue weighted by molar-refractivity contribution is 8.15. The van der Waals surface area contributed by atoms with Crippen molar-refractivity contribution < 1.29 is 0 Å². The second-order valence-electron chi connectivity index (χ2n) is 2.13. The summed E-state index contributed by atoms with van der Waals surface area (Å²) in [6.07, 6.45) is 3.77. The first-order valence-electron chi connectivity index (χ1n) is 2.82. The average molecular weight is 142 g/mol. The van der Waals surface area contributed by atoms with Gasteiger partial charge in [0.1, 0.15) is 0 Å². The van der Waals surface area contributed by atoms with E-state index in [1.165, 1.54) is 29.0 Å². The maximum Gasteiger partial charge on any atom is 0.0357 e. The number of thioether (sulfide) groups is 1. The summed E-state index contributed by atoms with van der Waals surface area (Å²) < 4.78 is 0. The molecule has 1 aliphatic heterocycles. The monoisotopic (exact) mass is 142 g/mol. The van der Waals surface area contributed by atoms with E-state index in [1.807, 2.05) is 11.8 Å². The Hall–Kier alpha value is 0.180. The fraction of sp³-hybridized carbons (Fsp3) is 0.500. The molecule has 0 aromatic rings. The lowest BCUT2D eigenvalue weighted by atomic mass is 10.1. The van der Waals surface area contributed by atoms with Crippen molar-refractivity contribution in [2.24, 2.45) is 0 Å². The number of thiocarbonyl (C=S) groups is 1. The van der Waals surface area contributed by atoms with Gasteiger partial charge in [-0.2, -0.15) is 0 Å². The Morgan fingerprint density at radius 1 is 1.38 bits per heavy atom. The van der Waals surface area contributed by atoms with Crippen LogP contribution in [0.25, 0.3) is 0 Å². The summed E-state index contributed by atoms with van der Waals surface area (Å²) in [4.78, 5) is 4.24. The molecule has 0 N–H and O–H groups in total. The predicted octanol–water partition coefficient (Wildman–Crippen LogP) is 2.50. The van der Waals surface area contributed by atoms with E-state index in [9.17, 15) is 0 Å². The molecule has 0 saturated carbocycles. The summed E-state index contributed by atoms with van der Waals surface area (Å²) in [7, 11) is 0. The van der Waals surface area contributed by atoms with Crippen LogP contribution in [0.2, 0.25) is 0 Å². The molecule has 0 unspecified atom stereocenters. The van der Waals surface area contributed by atoms with Crippen molar-refractivity contribution in [2.45, 2.75) is 19.3 Å². The summed E-state index contributed by atoms with van der Waals surface area (Å²) in [5.41, 5.74) is 0. The van der Waals surface area contributed by atoms with Crippen molar-refractivity contribution in [3.63, 3.8) is 0 Å². The normalized spacial score (nSPS) is 25.8. The van der Waals surface area contributed by atoms with Crippen LogP contribution >= 0.6 is 24.0 Å². The van der Waals surface area contributed by atoms with Crippen LogP contribution in [0.5, 0.6) is 0 Å². The SMILES string of the molecule is S=C1CCCC2=C1S2. The molecule has 2 aliphatic rings. The van der Waals surface area contributed by atoms with Crippen LogP contribution in [-0.2, 0) is 0 Å². The van der Waals surface area contributed by atoms with E-state index in [4.69, 9.17) is 12.2 Å². The van der Waals surface area contributed by atoms with Crippen molar-refractivity contribution in [3.05, 3.63) is 9.81 Å². The fourth-order valence-electron chi connectivity index (χ4n) is 0.998. The molecule has 0 atom stereocenters. The van der Waals surface area contributed by atoms with Crippen LogP contribution in [-0.4, -0.2) is 4.86 Å². The van der Waals surface area contributed by atoms with Gasteiger partial charge in [-0.15, -0.1) is 0 Å². The molecule has 1 aliphatic carbocycles. The van der Waals surface area contributed by atoms with E-state index in [1.54, 1.807) is 4.91 Å². The van der Waals surface area contributed by atoms with Crippen LogP contribution in [0.15, 0.2) is 9.81 Å². The van der Waals surface area contributed by atoms with Gasteiger partial charge >= 0.3 is 0 Å². The molecule has 0 radical (unpaired) electrons. The molecule has 2 heteroatoms. The number of rotatable bonds is 0. The average Bonchev–Trinajstić information content (AvgIpc) is 2.45. The van der Waals surface area contributed by atoms with Crippen LogP contribution < -0.4 is 0 Å². The number of hydrogen-bond acceptors (Lipinski definition) is 2. The Balaban J connectivity index is 2.29. The smallest absolute Gasteiger partial charge is 0.0357 e. The van der Waals surface area contributed by atoms with E-state index in [0.29, 0.717) is 0 Å². The number of hydrogen-bond donors (Lipinski definition) is 0. The molecule has 0 amide bonds. The van der Waals surface area contributed by atoms with E-state index in [-0.39, 0.29) is 0 Å². The first-order chi connectivity index (χ1) is 3.88. The molecule has 1 heterocycles. The summed E-state index contributed by atoms with van der Waals surface area (Å²) in [5.74, 6) is 0. The van der Waals surface area contributed by atoms with Gasteiger partial charge in [0.25, 0.3) is 0 Å². The Morgan fingerprint density at radius 2 is 2.25 bits per heavy atom. The zero-order valence-electron chi connectivity index (χ0n) is 4.44. The second kappa shape index (κ2) is 1.58. The third-order valence-electron chi connectivity index (χ3n) is 1.50. The highest BCUT2D eigenvalue weighted by Gasteiger charge is 2.29. The minimum atomic E-state index is 1.17. The van der Waals surface area contributed by atoms with Gasteiger partial charge < -0.3 is 0 Å². The van der Waals surface area contributed by atoms with Crippen LogP contribution in [0, 0.1) is 0 Å². The lowest BCUT2D eigenvalue weighted by Crippen LogP contribution is -1.93. The molecule has 0 spiro atoms. The summed E-state index contributed by atoms with van der Waals surface area (Å²) >= 11 is 6.99. The molecule has 0 nitrogen and oxygen atoms in total. The molecule has 42 valence electrons. The quantitative estimate of drug-likeness (QED) is 0.477. The summed E-state index contributed by atoms with van der Waals surface area (Å²) in [6, 6.07) is 0. The van der Waals surface area contributed by atoms with E-state index in [0.717, 1.165) is 0 Å². The summed E-state index contributed by atoms with van der Waals surface area (Å²) in [6.45, 7) is 0. The second-order valence-corrected chi connectivity index (χ2v) is 3.73. The molecule has 8 heavy (non-hydrogen) atoms.